The van der Waals surface area contributed by atoms with Crippen LogP contribution in [0.4, 0.5) is 11.5 Å². The molecule has 2 aromatic rings. The maximum Gasteiger partial charge on any atom is 0.245 e. The first-order valence-electron chi connectivity index (χ1n) is 10.0. The van der Waals surface area contributed by atoms with Gasteiger partial charge in [-0.15, -0.1) is 0 Å². The van der Waals surface area contributed by atoms with Crippen LogP contribution < -0.4 is 14.5 Å². The molecule has 0 saturated carbocycles. The highest BCUT2D eigenvalue weighted by atomic mass is 16.5. The fraction of sp³-hybridized carbons (Fsp3) is 0.476. The molecule has 1 fully saturated rings. The fourth-order valence-electron chi connectivity index (χ4n) is 4.12. The lowest BCUT2D eigenvalue weighted by Crippen LogP contribution is -2.56. The Bertz CT molecular complexity index is 917. The van der Waals surface area contributed by atoms with Crippen LogP contribution in [0.3, 0.4) is 0 Å². The third kappa shape index (κ3) is 3.66. The summed E-state index contributed by atoms with van der Waals surface area (Å²) in [5, 5.41) is 4.43. The molecular formula is C21H27N5O3. The van der Waals surface area contributed by atoms with Gasteiger partial charge in [-0.2, -0.15) is 5.10 Å². The van der Waals surface area contributed by atoms with Crippen molar-refractivity contribution in [2.75, 3.05) is 43.1 Å². The Balaban J connectivity index is 1.43. The van der Waals surface area contributed by atoms with Crippen LogP contribution in [0.25, 0.3) is 0 Å². The largest absolute Gasteiger partial charge is 0.497 e. The van der Waals surface area contributed by atoms with E-state index in [0.29, 0.717) is 26.1 Å². The van der Waals surface area contributed by atoms with Crippen molar-refractivity contribution in [3.63, 3.8) is 0 Å². The van der Waals surface area contributed by atoms with Crippen LogP contribution in [0.2, 0.25) is 0 Å². The molecule has 0 N–H and O–H groups in total. The molecule has 2 aliphatic rings. The number of rotatable bonds is 4. The zero-order chi connectivity index (χ0) is 20.5. The van der Waals surface area contributed by atoms with Gasteiger partial charge in [0.15, 0.2) is 0 Å². The number of hydrogen-bond donors (Lipinski definition) is 0. The molecule has 4 rings (SSSR count). The van der Waals surface area contributed by atoms with Crippen molar-refractivity contribution in [1.82, 2.24) is 14.7 Å². The number of ether oxygens (including phenoxy) is 1. The van der Waals surface area contributed by atoms with Crippen LogP contribution in [0, 0.1) is 6.92 Å². The molecule has 1 unspecified atom stereocenters. The van der Waals surface area contributed by atoms with Crippen LogP contribution in [-0.2, 0) is 16.1 Å². The number of benzene rings is 1. The predicted octanol–water partition coefficient (Wildman–Crippen LogP) is 1.67. The first kappa shape index (κ1) is 19.3. The summed E-state index contributed by atoms with van der Waals surface area (Å²) in [6.07, 6.45) is 0.370. The van der Waals surface area contributed by atoms with E-state index in [1.165, 1.54) is 0 Å². The first-order chi connectivity index (χ1) is 14.0. The zero-order valence-electron chi connectivity index (χ0n) is 17.2. The van der Waals surface area contributed by atoms with Gasteiger partial charge >= 0.3 is 0 Å². The van der Waals surface area contributed by atoms with Gasteiger partial charge in [-0.25, -0.2) is 4.68 Å². The van der Waals surface area contributed by atoms with Crippen LogP contribution in [0.1, 0.15) is 19.0 Å². The van der Waals surface area contributed by atoms with Gasteiger partial charge in [0.05, 0.1) is 19.3 Å². The number of fused-ring (bicyclic) bond motifs is 1. The van der Waals surface area contributed by atoms with E-state index >= 15 is 0 Å². The molecule has 8 heteroatoms. The standard InChI is InChI=1S/C21H27N5O3/c1-15-13-19-25(22-15)8-7-20(27)26(19)16(2)21(28)24-11-9-23(10-12-24)17-5-4-6-18(14-17)29-3/h4-6,13-14,16H,7-12H2,1-3H3. The number of amides is 2. The maximum absolute atomic E-state index is 13.2. The van der Waals surface area contributed by atoms with Gasteiger partial charge in [0.25, 0.3) is 0 Å². The van der Waals surface area contributed by atoms with Crippen molar-refractivity contribution in [1.29, 1.82) is 0 Å². The van der Waals surface area contributed by atoms with Crippen molar-refractivity contribution in [2.45, 2.75) is 32.9 Å². The van der Waals surface area contributed by atoms with Gasteiger partial charge in [0.2, 0.25) is 11.8 Å². The van der Waals surface area contributed by atoms with Crippen molar-refractivity contribution in [3.8, 4) is 5.75 Å². The number of anilines is 2. The van der Waals surface area contributed by atoms with E-state index in [2.05, 4.69) is 16.1 Å². The average molecular weight is 397 g/mol. The average Bonchev–Trinajstić information content (AvgIpc) is 3.13. The fourth-order valence-corrected chi connectivity index (χ4v) is 4.12. The molecule has 1 saturated heterocycles. The number of aromatic nitrogens is 2. The number of nitrogens with zero attached hydrogens (tertiary/aromatic N) is 5. The van der Waals surface area contributed by atoms with Gasteiger partial charge in [0.1, 0.15) is 17.6 Å². The predicted molar refractivity (Wildman–Crippen MR) is 110 cm³/mol. The van der Waals surface area contributed by atoms with E-state index in [1.54, 1.807) is 12.0 Å². The zero-order valence-corrected chi connectivity index (χ0v) is 17.2. The molecule has 0 spiro atoms. The number of aryl methyl sites for hydroxylation is 2. The topological polar surface area (TPSA) is 70.9 Å². The molecule has 0 aliphatic carbocycles. The molecule has 154 valence electrons. The quantitative estimate of drug-likeness (QED) is 0.785. The highest BCUT2D eigenvalue weighted by molar-refractivity contribution is 6.00. The summed E-state index contributed by atoms with van der Waals surface area (Å²) < 4.78 is 7.13. The van der Waals surface area contributed by atoms with E-state index < -0.39 is 6.04 Å². The normalized spacial score (nSPS) is 17.9. The van der Waals surface area contributed by atoms with Crippen LogP contribution >= 0.6 is 0 Å². The molecule has 0 radical (unpaired) electrons. The van der Waals surface area contributed by atoms with Crippen molar-refractivity contribution in [2.24, 2.45) is 0 Å². The molecule has 1 atom stereocenters. The van der Waals surface area contributed by atoms with Crippen LogP contribution in [-0.4, -0.2) is 65.8 Å². The van der Waals surface area contributed by atoms with Crippen molar-refractivity contribution < 1.29 is 14.3 Å². The van der Waals surface area contributed by atoms with Gasteiger partial charge < -0.3 is 14.5 Å². The Labute approximate surface area is 170 Å². The number of methoxy groups -OCH3 is 1. The molecule has 3 heterocycles. The lowest BCUT2D eigenvalue weighted by Gasteiger charge is -2.39. The van der Waals surface area contributed by atoms with Gasteiger partial charge in [0, 0.05) is 50.4 Å². The summed E-state index contributed by atoms with van der Waals surface area (Å²) in [5.74, 6) is 1.50. The smallest absolute Gasteiger partial charge is 0.245 e. The second kappa shape index (κ2) is 7.77. The summed E-state index contributed by atoms with van der Waals surface area (Å²) in [4.78, 5) is 31.5. The monoisotopic (exact) mass is 397 g/mol. The maximum atomic E-state index is 13.2. The van der Waals surface area contributed by atoms with Crippen molar-refractivity contribution in [3.05, 3.63) is 36.0 Å². The minimum absolute atomic E-state index is 0.0176. The van der Waals surface area contributed by atoms with E-state index in [1.807, 2.05) is 47.7 Å². The first-order valence-corrected chi connectivity index (χ1v) is 10.0. The SMILES string of the molecule is COc1cccc(N2CCN(C(=O)C(C)N3C(=O)CCn4nc(C)cc43)CC2)c1. The van der Waals surface area contributed by atoms with E-state index in [-0.39, 0.29) is 11.8 Å². The van der Waals surface area contributed by atoms with Gasteiger partial charge in [-0.3, -0.25) is 14.5 Å². The highest BCUT2D eigenvalue weighted by Gasteiger charge is 2.35. The second-order valence-corrected chi connectivity index (χ2v) is 7.57. The number of hydrogen-bond acceptors (Lipinski definition) is 5. The Morgan fingerprint density at radius 3 is 2.62 bits per heavy atom. The van der Waals surface area contributed by atoms with Crippen LogP contribution in [0.15, 0.2) is 30.3 Å². The summed E-state index contributed by atoms with van der Waals surface area (Å²) in [5.41, 5.74) is 1.95. The van der Waals surface area contributed by atoms with Gasteiger partial charge in [-0.1, -0.05) is 6.07 Å². The second-order valence-electron chi connectivity index (χ2n) is 7.57. The van der Waals surface area contributed by atoms with Crippen molar-refractivity contribution >= 4 is 23.3 Å². The molecular weight excluding hydrogens is 370 g/mol. The summed E-state index contributed by atoms with van der Waals surface area (Å²) in [6.45, 7) is 7.03. The third-order valence-corrected chi connectivity index (χ3v) is 5.69. The molecule has 8 nitrogen and oxygen atoms in total. The summed E-state index contributed by atoms with van der Waals surface area (Å²) in [7, 11) is 1.66. The number of carbonyl (C=O) groups is 2. The van der Waals surface area contributed by atoms with E-state index in [9.17, 15) is 9.59 Å². The lowest BCUT2D eigenvalue weighted by molar-refractivity contribution is -0.134. The Morgan fingerprint density at radius 2 is 1.90 bits per heavy atom. The summed E-state index contributed by atoms with van der Waals surface area (Å²) in [6, 6.07) is 9.30. The molecule has 1 aromatic carbocycles. The Morgan fingerprint density at radius 1 is 1.14 bits per heavy atom. The molecule has 2 aliphatic heterocycles. The Hall–Kier alpha value is -3.03. The van der Waals surface area contributed by atoms with E-state index in [4.69, 9.17) is 4.74 Å². The molecule has 1 aromatic heterocycles. The lowest BCUT2D eigenvalue weighted by atomic mass is 10.1. The minimum Gasteiger partial charge on any atom is -0.497 e. The molecule has 0 bridgehead atoms. The molecule has 29 heavy (non-hydrogen) atoms. The molecule has 2 amide bonds. The third-order valence-electron chi connectivity index (χ3n) is 5.69. The minimum atomic E-state index is -0.541. The van der Waals surface area contributed by atoms with Crippen LogP contribution in [0.5, 0.6) is 5.75 Å². The number of carbonyl (C=O) groups excluding carboxylic acids is 2. The number of piperazine rings is 1. The Kier molecular flexibility index (Phi) is 5.17. The van der Waals surface area contributed by atoms with E-state index in [0.717, 1.165) is 36.0 Å². The van der Waals surface area contributed by atoms with Gasteiger partial charge in [-0.05, 0) is 26.0 Å². The summed E-state index contributed by atoms with van der Waals surface area (Å²) >= 11 is 0. The highest BCUT2D eigenvalue weighted by Crippen LogP contribution is 2.26.